The summed E-state index contributed by atoms with van der Waals surface area (Å²) in [5, 5.41) is 13.9. The third kappa shape index (κ3) is 767. The van der Waals surface area contributed by atoms with Crippen molar-refractivity contribution in [3.05, 3.63) is 0 Å². The van der Waals surface area contributed by atoms with E-state index < -0.39 is 6.16 Å². The van der Waals surface area contributed by atoms with Crippen LogP contribution in [0.3, 0.4) is 0 Å². The average molecular weight is 71.0 g/mol. The third-order valence-corrected chi connectivity index (χ3v) is 0. The maximum Gasteiger partial charge on any atom is 1.00 e. The Morgan fingerprint density at radius 1 is 1.60 bits per heavy atom. The first-order chi connectivity index (χ1) is 1.73. The van der Waals surface area contributed by atoms with Gasteiger partial charge < -0.3 is 10.2 Å². The molecule has 0 aromatic heterocycles. The second-order valence-corrected chi connectivity index (χ2v) is 0.283. The maximum atomic E-state index is 8.56. The molecule has 2 N–H and O–H groups in total. The number of carboxylic acid groups (broad SMARTS) is 2. The van der Waals surface area contributed by atoms with Crippen molar-refractivity contribution in [3.8, 4) is 0 Å². The molecule has 0 rings (SSSR count). The van der Waals surface area contributed by atoms with Crippen molar-refractivity contribution in [1.29, 1.82) is 0 Å². The number of carbonyl (C=O) groups is 1. The molecule has 24 valence electrons. The molecule has 0 aliphatic rings. The maximum absolute atomic E-state index is 8.56. The van der Waals surface area contributed by atoms with Gasteiger partial charge in [-0.15, -0.1) is 0 Å². The predicted molar refractivity (Wildman–Crippen MR) is 12.9 cm³/mol. The zero-order valence-corrected chi connectivity index (χ0v) is 2.80. The molecule has 0 radical (unpaired) electrons. The van der Waals surface area contributed by atoms with Crippen LogP contribution in [0, 0.1) is 0 Å². The molecule has 4 heteroatoms. The fourth-order valence-corrected chi connectivity index (χ4v) is 0. The van der Waals surface area contributed by atoms with Gasteiger partial charge in [-0.1, -0.05) is 0 Å². The van der Waals surface area contributed by atoms with Crippen LogP contribution in [-0.2, 0) is 0 Å². The van der Waals surface area contributed by atoms with Crippen molar-refractivity contribution in [2.45, 2.75) is 0 Å². The van der Waals surface area contributed by atoms with Gasteiger partial charge in [-0.2, -0.15) is 0 Å². The quantitative estimate of drug-likeness (QED) is 0.309. The first kappa shape index (κ1) is 8.85. The van der Waals surface area contributed by atoms with Gasteiger partial charge in [0.05, 0.1) is 0 Å². The first-order valence-corrected chi connectivity index (χ1v) is 0.651. The molecular formula is CH4LiO3+3. The Labute approximate surface area is 43.8 Å². The van der Waals surface area contributed by atoms with Gasteiger partial charge in [-0.05, 0) is 0 Å². The zero-order chi connectivity index (χ0) is 3.58. The largest absolute Gasteiger partial charge is 1.00 e. The van der Waals surface area contributed by atoms with E-state index in [1.54, 1.807) is 0 Å². The molecule has 3 nitrogen and oxygen atoms in total. The summed E-state index contributed by atoms with van der Waals surface area (Å²) < 4.78 is 0. The van der Waals surface area contributed by atoms with Crippen LogP contribution >= 0.6 is 0 Å². The van der Waals surface area contributed by atoms with E-state index in [0.717, 1.165) is 0 Å². The van der Waals surface area contributed by atoms with Gasteiger partial charge in [0.1, 0.15) is 0 Å². The van der Waals surface area contributed by atoms with Gasteiger partial charge in [0.25, 0.3) is 0 Å². The summed E-state index contributed by atoms with van der Waals surface area (Å²) >= 11 is 0. The Kier molecular flexibility index (Phi) is 6.85. The molecule has 5 heavy (non-hydrogen) atoms. The second-order valence-electron chi connectivity index (χ2n) is 0.283. The summed E-state index contributed by atoms with van der Waals surface area (Å²) in [6.45, 7) is 0. The van der Waals surface area contributed by atoms with Crippen LogP contribution in [0.25, 0.3) is 0 Å². The number of rotatable bonds is 0. The molecule has 0 aromatic carbocycles. The summed E-state index contributed by atoms with van der Waals surface area (Å²) in [6, 6.07) is 0. The van der Waals surface area contributed by atoms with Crippen molar-refractivity contribution < 1.29 is 36.7 Å². The molecule has 0 amide bonds. The Balaban J connectivity index is -0.0000000150. The molecule has 0 atom stereocenters. The van der Waals surface area contributed by atoms with E-state index in [1.165, 1.54) is 0 Å². The van der Waals surface area contributed by atoms with E-state index in [9.17, 15) is 0 Å². The van der Waals surface area contributed by atoms with Gasteiger partial charge in [0.15, 0.2) is 0 Å². The summed E-state index contributed by atoms with van der Waals surface area (Å²) in [5.41, 5.74) is 0. The molecule has 0 aliphatic carbocycles. The number of hydrogen-bond acceptors (Lipinski definition) is 1. The zero-order valence-electron chi connectivity index (χ0n) is 4.80. The van der Waals surface area contributed by atoms with E-state index in [1.807, 2.05) is 0 Å². The molecule has 0 aromatic rings. The first-order valence-electron chi connectivity index (χ1n) is 0.651. The SMILES string of the molecule is O=C(O)O.[H+].[H+].[Li+]. The summed E-state index contributed by atoms with van der Waals surface area (Å²) in [4.78, 5) is 8.56. The molecule has 0 saturated carbocycles. The van der Waals surface area contributed by atoms with Crippen molar-refractivity contribution >= 4 is 6.16 Å². The Morgan fingerprint density at radius 2 is 1.60 bits per heavy atom. The minimum Gasteiger partial charge on any atom is -0.450 e. The van der Waals surface area contributed by atoms with Gasteiger partial charge in [0.2, 0.25) is 0 Å². The van der Waals surface area contributed by atoms with E-state index >= 15 is 0 Å². The smallest absolute Gasteiger partial charge is 0.450 e. The van der Waals surface area contributed by atoms with Gasteiger partial charge in [-0.3, -0.25) is 0 Å². The summed E-state index contributed by atoms with van der Waals surface area (Å²) in [7, 11) is 0. The molecule has 0 bridgehead atoms. The molecule has 0 heterocycles. The topological polar surface area (TPSA) is 57.5 Å². The van der Waals surface area contributed by atoms with Crippen molar-refractivity contribution in [2.75, 3.05) is 0 Å². The monoisotopic (exact) mass is 71.0 g/mol. The van der Waals surface area contributed by atoms with Crippen molar-refractivity contribution in [3.63, 3.8) is 0 Å². The molecule has 0 saturated heterocycles. The molecule has 0 unspecified atom stereocenters. The minimum atomic E-state index is -1.83. The van der Waals surface area contributed by atoms with E-state index in [2.05, 4.69) is 0 Å². The van der Waals surface area contributed by atoms with Gasteiger partial charge >= 0.3 is 27.9 Å². The standard InChI is InChI=1S/CH2O3.Li/c2-1(3)4;/h(H2,2,3,4);/q;+1/p+2. The Hall–Kier alpha value is -0.133. The van der Waals surface area contributed by atoms with Crippen LogP contribution in [-0.4, -0.2) is 16.4 Å². The van der Waals surface area contributed by atoms with Crippen LogP contribution in [0.2, 0.25) is 0 Å². The fourth-order valence-electron chi connectivity index (χ4n) is 0. The van der Waals surface area contributed by atoms with E-state index in [-0.39, 0.29) is 21.7 Å². The van der Waals surface area contributed by atoms with Crippen LogP contribution in [0.15, 0.2) is 0 Å². The normalized spacial score (nSPS) is 4.80. The van der Waals surface area contributed by atoms with E-state index in [0.29, 0.717) is 0 Å². The Morgan fingerprint density at radius 3 is 1.60 bits per heavy atom. The second kappa shape index (κ2) is 3.87. The van der Waals surface area contributed by atoms with E-state index in [4.69, 9.17) is 15.0 Å². The Bertz CT molecular complexity index is 35.9. The van der Waals surface area contributed by atoms with Crippen LogP contribution in [0.5, 0.6) is 0 Å². The summed E-state index contributed by atoms with van der Waals surface area (Å²) in [5.74, 6) is 0. The predicted octanol–water partition coefficient (Wildman–Crippen LogP) is -2.55. The van der Waals surface area contributed by atoms with Gasteiger partial charge in [-0.25, -0.2) is 4.79 Å². The molecule has 0 fully saturated rings. The minimum absolute atomic E-state index is 0. The fraction of sp³-hybridized carbons (Fsp3) is 0. The average Bonchev–Trinajstić information content (AvgIpc) is 0.811. The molecular weight excluding hydrogens is 66.9 g/mol. The third-order valence-electron chi connectivity index (χ3n) is 0. The molecule has 0 spiro atoms. The van der Waals surface area contributed by atoms with Crippen LogP contribution < -0.4 is 18.9 Å². The van der Waals surface area contributed by atoms with Gasteiger partial charge in [0, 0.05) is 0 Å². The van der Waals surface area contributed by atoms with Crippen LogP contribution in [0.1, 0.15) is 2.85 Å². The summed E-state index contributed by atoms with van der Waals surface area (Å²) in [6.07, 6.45) is -1.83. The van der Waals surface area contributed by atoms with Crippen molar-refractivity contribution in [1.82, 2.24) is 0 Å². The van der Waals surface area contributed by atoms with Crippen LogP contribution in [0.4, 0.5) is 4.79 Å². The number of hydrogen-bond donors (Lipinski definition) is 2. The molecule has 0 aliphatic heterocycles. The van der Waals surface area contributed by atoms with Crippen molar-refractivity contribution in [2.24, 2.45) is 0 Å².